The molecule has 9 heteroatoms. The first-order valence-electron chi connectivity index (χ1n) is 10.9. The molecule has 0 aliphatic carbocycles. The van der Waals surface area contributed by atoms with E-state index in [1.54, 1.807) is 30.3 Å². The van der Waals surface area contributed by atoms with Crippen molar-refractivity contribution in [3.8, 4) is 23.0 Å². The lowest BCUT2D eigenvalue weighted by Crippen LogP contribution is -2.35. The van der Waals surface area contributed by atoms with Crippen LogP contribution in [0.3, 0.4) is 0 Å². The number of halogens is 1. The fraction of sp³-hybridized carbons (Fsp3) is 0.231. The second kappa shape index (κ2) is 11.0. The highest BCUT2D eigenvalue weighted by atomic mass is 35.5. The molecule has 8 nitrogen and oxygen atoms in total. The first kappa shape index (κ1) is 24.2. The molecule has 35 heavy (non-hydrogen) atoms. The SMILES string of the molecule is COc1cc(C(=O)O[C@H](C)C(=O)NCc2ccc3c(c2)OCO3)ccc1OCc1ccccc1Cl. The Labute approximate surface area is 207 Å². The van der Waals surface area contributed by atoms with Gasteiger partial charge in [-0.3, -0.25) is 4.79 Å². The number of carbonyl (C=O) groups is 2. The second-order valence-electron chi connectivity index (χ2n) is 7.70. The number of hydrogen-bond donors (Lipinski definition) is 1. The van der Waals surface area contributed by atoms with Gasteiger partial charge in [-0.2, -0.15) is 0 Å². The van der Waals surface area contributed by atoms with Crippen molar-refractivity contribution in [1.82, 2.24) is 5.32 Å². The Morgan fingerprint density at radius 2 is 1.83 bits per heavy atom. The number of nitrogens with one attached hydrogen (secondary N) is 1. The first-order valence-corrected chi connectivity index (χ1v) is 11.2. The average Bonchev–Trinajstić information content (AvgIpc) is 3.34. The summed E-state index contributed by atoms with van der Waals surface area (Å²) in [6.07, 6.45) is -1.00. The summed E-state index contributed by atoms with van der Waals surface area (Å²) in [5.41, 5.74) is 1.88. The molecule has 3 aromatic rings. The normalized spacial score (nSPS) is 12.5. The highest BCUT2D eigenvalue weighted by Crippen LogP contribution is 2.32. The molecule has 182 valence electrons. The van der Waals surface area contributed by atoms with Gasteiger partial charge in [0.15, 0.2) is 29.1 Å². The quantitative estimate of drug-likeness (QED) is 0.434. The third kappa shape index (κ3) is 5.96. The van der Waals surface area contributed by atoms with Crippen molar-refractivity contribution >= 4 is 23.5 Å². The van der Waals surface area contributed by atoms with Crippen molar-refractivity contribution in [2.75, 3.05) is 13.9 Å². The van der Waals surface area contributed by atoms with E-state index in [1.165, 1.54) is 20.1 Å². The van der Waals surface area contributed by atoms with Crippen molar-refractivity contribution < 1.29 is 33.3 Å². The smallest absolute Gasteiger partial charge is 0.339 e. The van der Waals surface area contributed by atoms with Gasteiger partial charge in [-0.1, -0.05) is 35.9 Å². The maximum absolute atomic E-state index is 12.6. The number of fused-ring (bicyclic) bond motifs is 1. The zero-order valence-electron chi connectivity index (χ0n) is 19.2. The van der Waals surface area contributed by atoms with Crippen molar-refractivity contribution in [3.63, 3.8) is 0 Å². The van der Waals surface area contributed by atoms with Crippen molar-refractivity contribution in [2.45, 2.75) is 26.2 Å². The molecule has 0 saturated heterocycles. The number of esters is 1. The van der Waals surface area contributed by atoms with Gasteiger partial charge in [-0.25, -0.2) is 4.79 Å². The minimum absolute atomic E-state index is 0.178. The Kier molecular flexibility index (Phi) is 7.62. The van der Waals surface area contributed by atoms with E-state index in [4.69, 9.17) is 35.3 Å². The number of ether oxygens (including phenoxy) is 5. The number of carbonyl (C=O) groups excluding carboxylic acids is 2. The average molecular weight is 498 g/mol. The third-order valence-corrected chi connectivity index (χ3v) is 5.67. The van der Waals surface area contributed by atoms with Crippen LogP contribution in [0, 0.1) is 0 Å². The van der Waals surface area contributed by atoms with E-state index in [0.717, 1.165) is 11.1 Å². The summed E-state index contributed by atoms with van der Waals surface area (Å²) in [6.45, 7) is 2.17. The van der Waals surface area contributed by atoms with E-state index < -0.39 is 18.0 Å². The maximum Gasteiger partial charge on any atom is 0.339 e. The molecule has 1 aliphatic rings. The molecule has 0 radical (unpaired) electrons. The highest BCUT2D eigenvalue weighted by molar-refractivity contribution is 6.31. The summed E-state index contributed by atoms with van der Waals surface area (Å²) in [7, 11) is 1.47. The van der Waals surface area contributed by atoms with E-state index in [2.05, 4.69) is 5.32 Å². The number of rotatable bonds is 9. The summed E-state index contributed by atoms with van der Waals surface area (Å²) < 4.78 is 27.1. The molecular weight excluding hydrogens is 474 g/mol. The van der Waals surface area contributed by atoms with Crippen LogP contribution < -0.4 is 24.3 Å². The molecule has 0 saturated carbocycles. The van der Waals surface area contributed by atoms with Crippen LogP contribution in [0.25, 0.3) is 0 Å². The highest BCUT2D eigenvalue weighted by Gasteiger charge is 2.21. The van der Waals surface area contributed by atoms with Gasteiger partial charge in [-0.15, -0.1) is 0 Å². The van der Waals surface area contributed by atoms with Crippen LogP contribution >= 0.6 is 11.6 Å². The molecule has 1 heterocycles. The number of hydrogen-bond acceptors (Lipinski definition) is 7. The Balaban J connectivity index is 1.32. The standard InChI is InChI=1S/C26H24ClNO7/c1-16(25(29)28-13-17-7-9-22-24(11-17)34-15-33-22)35-26(30)18-8-10-21(23(12-18)31-2)32-14-19-5-3-4-6-20(19)27/h3-12,16H,13-15H2,1-2H3,(H,28,29)/t16-/m1/s1. The number of benzene rings is 3. The molecule has 0 bridgehead atoms. The first-order chi connectivity index (χ1) is 16.9. The van der Waals surface area contributed by atoms with E-state index in [1.807, 2.05) is 24.3 Å². The molecule has 0 unspecified atom stereocenters. The van der Waals surface area contributed by atoms with Gasteiger partial charge in [0.25, 0.3) is 5.91 Å². The van der Waals surface area contributed by atoms with Crippen molar-refractivity contribution in [2.24, 2.45) is 0 Å². The molecule has 1 aliphatic heterocycles. The summed E-state index contributed by atoms with van der Waals surface area (Å²) in [5.74, 6) is 1.00. The van der Waals surface area contributed by atoms with Gasteiger partial charge in [0.2, 0.25) is 6.79 Å². The molecular formula is C26H24ClNO7. The van der Waals surface area contributed by atoms with Crippen LogP contribution in [-0.2, 0) is 22.7 Å². The van der Waals surface area contributed by atoms with Crippen LogP contribution in [-0.4, -0.2) is 31.9 Å². The largest absolute Gasteiger partial charge is 0.493 e. The molecule has 1 atom stereocenters. The van der Waals surface area contributed by atoms with E-state index >= 15 is 0 Å². The molecule has 0 spiro atoms. The number of amides is 1. The predicted molar refractivity (Wildman–Crippen MR) is 128 cm³/mol. The zero-order valence-corrected chi connectivity index (χ0v) is 20.0. The molecule has 3 aromatic carbocycles. The molecule has 4 rings (SSSR count). The van der Waals surface area contributed by atoms with E-state index in [0.29, 0.717) is 28.0 Å². The predicted octanol–water partition coefficient (Wildman–Crippen LogP) is 4.52. The lowest BCUT2D eigenvalue weighted by Gasteiger charge is -2.15. The van der Waals surface area contributed by atoms with Gasteiger partial charge in [-0.05, 0) is 48.9 Å². The number of methoxy groups -OCH3 is 1. The lowest BCUT2D eigenvalue weighted by molar-refractivity contribution is -0.129. The maximum atomic E-state index is 12.6. The molecule has 1 amide bonds. The van der Waals surface area contributed by atoms with Gasteiger partial charge in [0.1, 0.15) is 6.61 Å². The summed E-state index contributed by atoms with van der Waals surface area (Å²) in [4.78, 5) is 25.1. The molecule has 0 aromatic heterocycles. The Morgan fingerprint density at radius 3 is 2.63 bits per heavy atom. The van der Waals surface area contributed by atoms with Crippen LogP contribution in [0.1, 0.15) is 28.4 Å². The van der Waals surface area contributed by atoms with Crippen molar-refractivity contribution in [1.29, 1.82) is 0 Å². The van der Waals surface area contributed by atoms with Gasteiger partial charge >= 0.3 is 5.97 Å². The summed E-state index contributed by atoms with van der Waals surface area (Å²) >= 11 is 6.17. The third-order valence-electron chi connectivity index (χ3n) is 5.30. The Hall–Kier alpha value is -3.91. The van der Waals surface area contributed by atoms with Gasteiger partial charge in [0.05, 0.1) is 12.7 Å². The monoisotopic (exact) mass is 497 g/mol. The van der Waals surface area contributed by atoms with Crippen LogP contribution in [0.5, 0.6) is 23.0 Å². The van der Waals surface area contributed by atoms with Crippen LogP contribution in [0.2, 0.25) is 5.02 Å². The summed E-state index contributed by atoms with van der Waals surface area (Å²) in [6, 6.07) is 17.4. The zero-order chi connectivity index (χ0) is 24.8. The van der Waals surface area contributed by atoms with Crippen LogP contribution in [0.4, 0.5) is 0 Å². The van der Waals surface area contributed by atoms with Crippen molar-refractivity contribution in [3.05, 3.63) is 82.4 Å². The van der Waals surface area contributed by atoms with E-state index in [9.17, 15) is 9.59 Å². The lowest BCUT2D eigenvalue weighted by atomic mass is 10.2. The molecule has 1 N–H and O–H groups in total. The van der Waals surface area contributed by atoms with Gasteiger partial charge in [0, 0.05) is 17.1 Å². The fourth-order valence-electron chi connectivity index (χ4n) is 3.35. The topological polar surface area (TPSA) is 92.3 Å². The summed E-state index contributed by atoms with van der Waals surface area (Å²) in [5, 5.41) is 3.34. The van der Waals surface area contributed by atoms with Gasteiger partial charge < -0.3 is 29.0 Å². The fourth-order valence-corrected chi connectivity index (χ4v) is 3.54. The van der Waals surface area contributed by atoms with Crippen LogP contribution in [0.15, 0.2) is 60.7 Å². The minimum Gasteiger partial charge on any atom is -0.493 e. The minimum atomic E-state index is -1.00. The van der Waals surface area contributed by atoms with E-state index in [-0.39, 0.29) is 25.5 Å². The Morgan fingerprint density at radius 1 is 1.03 bits per heavy atom. The Bertz CT molecular complexity index is 1230. The second-order valence-corrected chi connectivity index (χ2v) is 8.11. The molecule has 0 fully saturated rings.